The molecule has 34 heavy (non-hydrogen) atoms. The number of carbonyl (C=O) groups is 2. The number of hydrogen-bond acceptors (Lipinski definition) is 4. The van der Waals surface area contributed by atoms with Gasteiger partial charge < -0.3 is 4.57 Å². The van der Waals surface area contributed by atoms with Crippen molar-refractivity contribution in [1.82, 2.24) is 9.55 Å². The van der Waals surface area contributed by atoms with E-state index in [9.17, 15) is 22.8 Å². The molecule has 0 spiro atoms. The molecule has 2 aromatic rings. The smallest absolute Gasteiger partial charge is 0.186 e. The molecule has 0 amide bonds. The predicted octanol–water partition coefficient (Wildman–Crippen LogP) is 5.48. The number of benzene rings is 2. The van der Waals surface area contributed by atoms with Gasteiger partial charge in [-0.05, 0) is 30.7 Å². The fourth-order valence-corrected chi connectivity index (χ4v) is 3.99. The third-order valence-corrected chi connectivity index (χ3v) is 5.63. The van der Waals surface area contributed by atoms with Crippen LogP contribution in [0.25, 0.3) is 11.4 Å². The second-order valence-corrected chi connectivity index (χ2v) is 7.81. The van der Waals surface area contributed by atoms with E-state index in [0.717, 1.165) is 18.3 Å². The first-order valence-electron chi connectivity index (χ1n) is 10.4. The van der Waals surface area contributed by atoms with Crippen LogP contribution in [0.4, 0.5) is 13.2 Å². The number of hydrogen-bond donors (Lipinski definition) is 0. The highest BCUT2D eigenvalue weighted by Gasteiger charge is 2.31. The molecule has 0 saturated heterocycles. The molecular weight excluding hydrogens is 443 g/mol. The van der Waals surface area contributed by atoms with E-state index in [4.69, 9.17) is 5.26 Å². The molecular formula is C26H18F3N3O2. The Morgan fingerprint density at radius 2 is 1.79 bits per heavy atom. The molecule has 0 radical (unpaired) electrons. The van der Waals surface area contributed by atoms with Gasteiger partial charge in [-0.2, -0.15) is 5.26 Å². The van der Waals surface area contributed by atoms with Gasteiger partial charge in [0, 0.05) is 35.5 Å². The summed E-state index contributed by atoms with van der Waals surface area (Å²) < 4.78 is 43.6. The largest absolute Gasteiger partial charge is 0.318 e. The van der Waals surface area contributed by atoms with Crippen molar-refractivity contribution >= 4 is 11.6 Å². The maximum absolute atomic E-state index is 14.7. The summed E-state index contributed by atoms with van der Waals surface area (Å²) in [6.45, 7) is 1.67. The lowest BCUT2D eigenvalue weighted by molar-refractivity contribution is 0.0856. The zero-order valence-corrected chi connectivity index (χ0v) is 18.1. The highest BCUT2D eigenvalue weighted by molar-refractivity contribution is 6.04. The standard InChI is InChI=1S/C26H18F3N3O2/c1-15-19(9-10-30)21-11-18(28)14-32(26(21)31-15)23(25(34)16-5-3-2-4-6-16)13-24(33)20-8-7-17(27)12-22(20)29/h2-8,11-12,14,23H,9,13H2,1H3. The van der Waals surface area contributed by atoms with E-state index in [0.29, 0.717) is 22.9 Å². The van der Waals surface area contributed by atoms with E-state index in [1.165, 1.54) is 10.6 Å². The molecule has 1 unspecified atom stereocenters. The number of aryl methyl sites for hydroxylation is 1. The van der Waals surface area contributed by atoms with Crippen LogP contribution in [0.1, 0.15) is 44.4 Å². The van der Waals surface area contributed by atoms with E-state index in [1.54, 1.807) is 37.3 Å². The van der Waals surface area contributed by atoms with E-state index < -0.39 is 41.5 Å². The van der Waals surface area contributed by atoms with Gasteiger partial charge in [0.25, 0.3) is 0 Å². The monoisotopic (exact) mass is 461 g/mol. The Hall–Kier alpha value is -4.25. The fraction of sp³-hybridized carbons (Fsp3) is 0.154. The average molecular weight is 461 g/mol. The summed E-state index contributed by atoms with van der Waals surface area (Å²) in [7, 11) is 0. The van der Waals surface area contributed by atoms with Crippen molar-refractivity contribution in [2.24, 2.45) is 0 Å². The molecule has 0 fully saturated rings. The van der Waals surface area contributed by atoms with Crippen LogP contribution in [-0.4, -0.2) is 21.1 Å². The van der Waals surface area contributed by atoms with Crippen LogP contribution in [0.2, 0.25) is 0 Å². The van der Waals surface area contributed by atoms with E-state index in [1.807, 2.05) is 6.07 Å². The minimum atomic E-state index is -1.26. The molecule has 170 valence electrons. The Morgan fingerprint density at radius 1 is 1.06 bits per heavy atom. The number of aromatic nitrogens is 2. The van der Waals surface area contributed by atoms with E-state index in [-0.39, 0.29) is 23.4 Å². The number of ketones is 2. The van der Waals surface area contributed by atoms with Crippen LogP contribution in [0, 0.1) is 35.7 Å². The van der Waals surface area contributed by atoms with Crippen molar-refractivity contribution < 1.29 is 22.8 Å². The van der Waals surface area contributed by atoms with Crippen molar-refractivity contribution in [2.75, 3.05) is 0 Å². The van der Waals surface area contributed by atoms with Gasteiger partial charge in [0.05, 0.1) is 18.1 Å². The Labute approximate surface area is 193 Å². The molecule has 2 aliphatic rings. The first kappa shape index (κ1) is 22.9. The van der Waals surface area contributed by atoms with Crippen LogP contribution in [0.5, 0.6) is 0 Å². The quantitative estimate of drug-likeness (QED) is 0.342. The molecule has 5 nitrogen and oxygen atoms in total. The zero-order chi connectivity index (χ0) is 24.4. The first-order valence-corrected chi connectivity index (χ1v) is 10.4. The molecule has 0 aromatic heterocycles. The molecule has 2 aromatic carbocycles. The number of nitriles is 1. The van der Waals surface area contributed by atoms with Gasteiger partial charge in [-0.15, -0.1) is 0 Å². The van der Waals surface area contributed by atoms with Crippen LogP contribution >= 0.6 is 0 Å². The number of nitrogens with zero attached hydrogens (tertiary/aromatic N) is 3. The van der Waals surface area contributed by atoms with E-state index in [2.05, 4.69) is 4.98 Å². The van der Waals surface area contributed by atoms with Crippen LogP contribution in [-0.2, 0) is 6.42 Å². The summed E-state index contributed by atoms with van der Waals surface area (Å²) >= 11 is 0. The highest BCUT2D eigenvalue weighted by atomic mass is 19.1. The Bertz CT molecular complexity index is 1410. The Balaban J connectivity index is 1.85. The summed E-state index contributed by atoms with van der Waals surface area (Å²) in [6, 6.07) is 12.7. The van der Waals surface area contributed by atoms with Gasteiger partial charge >= 0.3 is 0 Å². The summed E-state index contributed by atoms with van der Waals surface area (Å²) in [5.74, 6) is -3.61. The van der Waals surface area contributed by atoms with Gasteiger partial charge in [0.15, 0.2) is 11.6 Å². The molecule has 1 atom stereocenters. The molecule has 4 rings (SSSR count). The van der Waals surface area contributed by atoms with Gasteiger partial charge in [-0.25, -0.2) is 18.2 Å². The van der Waals surface area contributed by atoms with Crippen molar-refractivity contribution in [3.05, 3.63) is 101 Å². The predicted molar refractivity (Wildman–Crippen MR) is 118 cm³/mol. The lowest BCUT2D eigenvalue weighted by Gasteiger charge is -2.22. The van der Waals surface area contributed by atoms with E-state index >= 15 is 0 Å². The summed E-state index contributed by atoms with van der Waals surface area (Å²) in [5.41, 5.74) is 1.26. The average Bonchev–Trinajstić information content (AvgIpc) is 3.12. The lowest BCUT2D eigenvalue weighted by atomic mass is 9.95. The second-order valence-electron chi connectivity index (χ2n) is 7.81. The second kappa shape index (κ2) is 9.32. The fourth-order valence-electron chi connectivity index (χ4n) is 3.99. The molecule has 2 heterocycles. The zero-order valence-electron chi connectivity index (χ0n) is 18.1. The number of Topliss-reactive ketones (excluding diaryl/α,β-unsaturated/α-hetero) is 2. The maximum Gasteiger partial charge on any atom is 0.186 e. The lowest BCUT2D eigenvalue weighted by Crippen LogP contribution is -2.25. The molecule has 0 aliphatic carbocycles. The van der Waals surface area contributed by atoms with Crippen LogP contribution in [0.15, 0.2) is 60.8 Å². The van der Waals surface area contributed by atoms with Gasteiger partial charge in [0.1, 0.15) is 29.3 Å². The Kier molecular flexibility index (Phi) is 6.28. The summed E-state index contributed by atoms with van der Waals surface area (Å²) in [4.78, 5) is 30.9. The SMILES string of the molecule is Cc1nc2n(C(CC(=O)c3ccc(F)cc3F)C(=O)c3ccccc3)cc(F)cc-2c1CC#N. The maximum atomic E-state index is 14.7. The number of rotatable bonds is 7. The van der Waals surface area contributed by atoms with Crippen LogP contribution in [0.3, 0.4) is 0 Å². The van der Waals surface area contributed by atoms with Gasteiger partial charge in [-0.1, -0.05) is 30.3 Å². The number of pyridine rings is 1. The third kappa shape index (κ3) is 4.33. The van der Waals surface area contributed by atoms with Crippen molar-refractivity contribution in [3.8, 4) is 17.5 Å². The first-order chi connectivity index (χ1) is 16.3. The number of halogens is 3. The molecule has 0 bridgehead atoms. The minimum Gasteiger partial charge on any atom is -0.318 e. The van der Waals surface area contributed by atoms with Crippen LogP contribution < -0.4 is 0 Å². The molecule has 0 saturated carbocycles. The molecule has 2 aliphatic heterocycles. The summed E-state index contributed by atoms with van der Waals surface area (Å²) in [6.07, 6.45) is 0.534. The molecule has 8 heteroatoms. The van der Waals surface area contributed by atoms with Gasteiger partial charge in [0.2, 0.25) is 0 Å². The Morgan fingerprint density at radius 3 is 2.47 bits per heavy atom. The normalized spacial score (nSPS) is 11.9. The minimum absolute atomic E-state index is 0.0111. The van der Waals surface area contributed by atoms with Crippen molar-refractivity contribution in [1.29, 1.82) is 5.26 Å². The van der Waals surface area contributed by atoms with Crippen molar-refractivity contribution in [2.45, 2.75) is 25.8 Å². The third-order valence-electron chi connectivity index (χ3n) is 5.63. The van der Waals surface area contributed by atoms with Crippen molar-refractivity contribution in [3.63, 3.8) is 0 Å². The topological polar surface area (TPSA) is 75.8 Å². The van der Waals surface area contributed by atoms with Gasteiger partial charge in [-0.3, -0.25) is 9.59 Å². The highest BCUT2D eigenvalue weighted by Crippen LogP contribution is 2.34. The molecule has 0 N–H and O–H groups in total. The summed E-state index contributed by atoms with van der Waals surface area (Å²) in [5, 5.41) is 9.16. The number of carbonyl (C=O) groups excluding carboxylic acids is 2. The number of fused-ring (bicyclic) bond motifs is 1.